The van der Waals surface area contributed by atoms with Gasteiger partial charge in [-0.3, -0.25) is 0 Å². The summed E-state index contributed by atoms with van der Waals surface area (Å²) in [6.45, 7) is -0.271. The summed E-state index contributed by atoms with van der Waals surface area (Å²) in [5, 5.41) is 26.8. The van der Waals surface area contributed by atoms with Crippen LogP contribution in [0.4, 0.5) is 0 Å². The molecular formula is C6H12O5. The van der Waals surface area contributed by atoms with Crippen LogP contribution in [-0.2, 0) is 9.47 Å². The maximum Gasteiger partial charge on any atom is 0.184 e. The molecule has 1 saturated heterocycles. The number of hydrogen-bond acceptors (Lipinski definition) is 5. The first-order valence-corrected chi connectivity index (χ1v) is 3.36. The lowest BCUT2D eigenvalue weighted by atomic mass is 10.1. The lowest BCUT2D eigenvalue weighted by Gasteiger charge is -2.15. The molecule has 0 bridgehead atoms. The van der Waals surface area contributed by atoms with Gasteiger partial charge < -0.3 is 24.8 Å². The summed E-state index contributed by atoms with van der Waals surface area (Å²) in [6, 6.07) is 0. The lowest BCUT2D eigenvalue weighted by molar-refractivity contribution is -0.132. The Bertz CT molecular complexity index is 128. The summed E-state index contributed by atoms with van der Waals surface area (Å²) in [5.41, 5.74) is 0. The maximum absolute atomic E-state index is 9.15. The van der Waals surface area contributed by atoms with Crippen molar-refractivity contribution in [3.63, 3.8) is 0 Å². The zero-order valence-corrected chi connectivity index (χ0v) is 6.17. The Morgan fingerprint density at radius 3 is 2.45 bits per heavy atom. The van der Waals surface area contributed by atoms with E-state index in [1.807, 2.05) is 0 Å². The molecule has 1 unspecified atom stereocenters. The van der Waals surface area contributed by atoms with Gasteiger partial charge in [0.05, 0.1) is 6.61 Å². The van der Waals surface area contributed by atoms with Gasteiger partial charge in [-0.2, -0.15) is 0 Å². The maximum atomic E-state index is 9.15. The van der Waals surface area contributed by atoms with Crippen molar-refractivity contribution in [2.45, 2.75) is 24.6 Å². The second kappa shape index (κ2) is 3.46. The molecule has 1 heterocycles. The fourth-order valence-electron chi connectivity index (χ4n) is 1.16. The summed E-state index contributed by atoms with van der Waals surface area (Å²) in [5.74, 6) is 0. The molecule has 3 N–H and O–H groups in total. The van der Waals surface area contributed by atoms with Crippen LogP contribution in [0.1, 0.15) is 0 Å². The topological polar surface area (TPSA) is 79.2 Å². The van der Waals surface area contributed by atoms with Crippen molar-refractivity contribution in [1.29, 1.82) is 0 Å². The molecule has 0 spiro atoms. The van der Waals surface area contributed by atoms with E-state index in [-0.39, 0.29) is 6.61 Å². The number of methoxy groups -OCH3 is 1. The molecule has 0 saturated carbocycles. The average molecular weight is 164 g/mol. The number of rotatable bonds is 2. The van der Waals surface area contributed by atoms with Gasteiger partial charge in [0.2, 0.25) is 0 Å². The number of aliphatic hydroxyl groups is 3. The van der Waals surface area contributed by atoms with Gasteiger partial charge in [0.25, 0.3) is 0 Å². The Labute approximate surface area is 64.2 Å². The summed E-state index contributed by atoms with van der Waals surface area (Å²) >= 11 is 0. The standard InChI is InChI=1S/C6H12O5/c1-10-5-3(2-7)11-6(9)4(5)8/h3-9H,2H2,1H3/t3-,4+,5-,6?/m1/s1. The highest BCUT2D eigenvalue weighted by Gasteiger charge is 2.42. The summed E-state index contributed by atoms with van der Waals surface area (Å²) < 4.78 is 9.56. The first-order valence-electron chi connectivity index (χ1n) is 3.36. The molecule has 1 aliphatic heterocycles. The van der Waals surface area contributed by atoms with E-state index in [4.69, 9.17) is 24.8 Å². The molecule has 1 rings (SSSR count). The third kappa shape index (κ3) is 1.52. The quantitative estimate of drug-likeness (QED) is 0.443. The molecule has 66 valence electrons. The van der Waals surface area contributed by atoms with Crippen LogP contribution in [0.25, 0.3) is 0 Å². The predicted octanol–water partition coefficient (Wildman–Crippen LogP) is -1.93. The third-order valence-corrected chi connectivity index (χ3v) is 1.76. The number of hydrogen-bond donors (Lipinski definition) is 3. The van der Waals surface area contributed by atoms with E-state index < -0.39 is 24.6 Å². The molecule has 1 aliphatic rings. The van der Waals surface area contributed by atoms with E-state index >= 15 is 0 Å². The van der Waals surface area contributed by atoms with E-state index in [0.29, 0.717) is 0 Å². The van der Waals surface area contributed by atoms with Crippen LogP contribution in [0.2, 0.25) is 0 Å². The largest absolute Gasteiger partial charge is 0.394 e. The number of ether oxygens (including phenoxy) is 2. The Hall–Kier alpha value is -0.200. The van der Waals surface area contributed by atoms with Crippen LogP contribution < -0.4 is 0 Å². The van der Waals surface area contributed by atoms with Crippen molar-refractivity contribution < 1.29 is 24.8 Å². The Kier molecular flexibility index (Phi) is 2.80. The first kappa shape index (κ1) is 8.89. The SMILES string of the molecule is CO[C@H]1[C@H](O)C(O)O[C@@H]1CO. The molecule has 0 aromatic carbocycles. The lowest BCUT2D eigenvalue weighted by Crippen LogP contribution is -2.35. The smallest absolute Gasteiger partial charge is 0.184 e. The molecule has 0 aromatic rings. The van der Waals surface area contributed by atoms with Crippen LogP contribution in [0.5, 0.6) is 0 Å². The van der Waals surface area contributed by atoms with Crippen molar-refractivity contribution in [3.05, 3.63) is 0 Å². The highest BCUT2D eigenvalue weighted by atomic mass is 16.7. The van der Waals surface area contributed by atoms with E-state index in [1.165, 1.54) is 7.11 Å². The highest BCUT2D eigenvalue weighted by Crippen LogP contribution is 2.21. The van der Waals surface area contributed by atoms with Crippen LogP contribution >= 0.6 is 0 Å². The van der Waals surface area contributed by atoms with Crippen LogP contribution in [0.3, 0.4) is 0 Å². The van der Waals surface area contributed by atoms with Gasteiger partial charge in [-0.25, -0.2) is 0 Å². The molecule has 0 aliphatic carbocycles. The summed E-state index contributed by atoms with van der Waals surface area (Å²) in [7, 11) is 1.39. The zero-order valence-electron chi connectivity index (χ0n) is 6.17. The van der Waals surface area contributed by atoms with E-state index in [0.717, 1.165) is 0 Å². The van der Waals surface area contributed by atoms with Gasteiger partial charge in [-0.15, -0.1) is 0 Å². The molecule has 1 fully saturated rings. The van der Waals surface area contributed by atoms with Gasteiger partial charge in [0.15, 0.2) is 6.29 Å². The summed E-state index contributed by atoms with van der Waals surface area (Å²) in [4.78, 5) is 0. The van der Waals surface area contributed by atoms with E-state index in [9.17, 15) is 0 Å². The van der Waals surface area contributed by atoms with Crippen molar-refractivity contribution in [1.82, 2.24) is 0 Å². The average Bonchev–Trinajstić information content (AvgIpc) is 2.28. The zero-order chi connectivity index (χ0) is 8.43. The molecule has 5 heteroatoms. The highest BCUT2D eigenvalue weighted by molar-refractivity contribution is 4.86. The molecule has 5 nitrogen and oxygen atoms in total. The fraction of sp³-hybridized carbons (Fsp3) is 1.00. The van der Waals surface area contributed by atoms with Crippen molar-refractivity contribution in [2.24, 2.45) is 0 Å². The van der Waals surface area contributed by atoms with Gasteiger partial charge >= 0.3 is 0 Å². The van der Waals surface area contributed by atoms with Gasteiger partial charge in [0.1, 0.15) is 18.3 Å². The van der Waals surface area contributed by atoms with Crippen LogP contribution in [0.15, 0.2) is 0 Å². The minimum absolute atomic E-state index is 0.271. The van der Waals surface area contributed by atoms with Crippen LogP contribution in [-0.4, -0.2) is 53.6 Å². The fourth-order valence-corrected chi connectivity index (χ4v) is 1.16. The first-order chi connectivity index (χ1) is 5.20. The van der Waals surface area contributed by atoms with E-state index in [2.05, 4.69) is 0 Å². The molecule has 0 amide bonds. The second-order valence-electron chi connectivity index (χ2n) is 2.44. The molecular weight excluding hydrogens is 152 g/mol. The van der Waals surface area contributed by atoms with Crippen molar-refractivity contribution in [3.8, 4) is 0 Å². The van der Waals surface area contributed by atoms with Gasteiger partial charge in [-0.05, 0) is 0 Å². The minimum atomic E-state index is -1.25. The molecule has 4 atom stereocenters. The molecule has 0 aromatic heterocycles. The Balaban J connectivity index is 2.57. The van der Waals surface area contributed by atoms with E-state index in [1.54, 1.807) is 0 Å². The molecule has 11 heavy (non-hydrogen) atoms. The third-order valence-electron chi connectivity index (χ3n) is 1.76. The van der Waals surface area contributed by atoms with Crippen LogP contribution in [0, 0.1) is 0 Å². The predicted molar refractivity (Wildman–Crippen MR) is 34.8 cm³/mol. The monoisotopic (exact) mass is 164 g/mol. The Morgan fingerprint density at radius 2 is 2.09 bits per heavy atom. The Morgan fingerprint density at radius 1 is 1.45 bits per heavy atom. The summed E-state index contributed by atoms with van der Waals surface area (Å²) in [6.07, 6.45) is -3.60. The van der Waals surface area contributed by atoms with Crippen molar-refractivity contribution in [2.75, 3.05) is 13.7 Å². The second-order valence-corrected chi connectivity index (χ2v) is 2.44. The number of aliphatic hydroxyl groups excluding tert-OH is 3. The normalized spacial score (nSPS) is 44.7. The minimum Gasteiger partial charge on any atom is -0.394 e. The van der Waals surface area contributed by atoms with Crippen molar-refractivity contribution >= 4 is 0 Å². The van der Waals surface area contributed by atoms with Gasteiger partial charge in [-0.1, -0.05) is 0 Å². The molecule has 0 radical (unpaired) electrons. The van der Waals surface area contributed by atoms with Gasteiger partial charge in [0, 0.05) is 7.11 Å².